The van der Waals surface area contributed by atoms with Crippen molar-refractivity contribution < 1.29 is 9.53 Å². The molecule has 1 atom stereocenters. The summed E-state index contributed by atoms with van der Waals surface area (Å²) in [5.41, 5.74) is 2.66. The smallest absolute Gasteiger partial charge is 0.193 e. The van der Waals surface area contributed by atoms with Crippen molar-refractivity contribution in [3.63, 3.8) is 0 Å². The highest BCUT2D eigenvalue weighted by Crippen LogP contribution is 2.21. The van der Waals surface area contributed by atoms with Gasteiger partial charge in [-0.1, -0.05) is 18.2 Å². The van der Waals surface area contributed by atoms with E-state index in [0.717, 1.165) is 30.2 Å². The van der Waals surface area contributed by atoms with Crippen LogP contribution in [0.25, 0.3) is 0 Å². The van der Waals surface area contributed by atoms with Crippen LogP contribution >= 0.6 is 11.8 Å². The largest absolute Gasteiger partial charge is 0.497 e. The first-order chi connectivity index (χ1) is 10.8. The Balaban J connectivity index is 1.76. The highest BCUT2D eigenvalue weighted by molar-refractivity contribution is 8.00. The van der Waals surface area contributed by atoms with Crippen LogP contribution in [-0.2, 0) is 6.42 Å². The van der Waals surface area contributed by atoms with Gasteiger partial charge in [0, 0.05) is 28.8 Å². The Kier molecular flexibility index (Phi) is 4.80. The van der Waals surface area contributed by atoms with Gasteiger partial charge in [0.05, 0.1) is 7.11 Å². The normalized spacial score (nSPS) is 17.4. The van der Waals surface area contributed by atoms with Crippen LogP contribution in [0.4, 0.5) is 0 Å². The number of methoxy groups -OCH3 is 1. The lowest BCUT2D eigenvalue weighted by molar-refractivity contribution is 0.103. The SMILES string of the molecule is COc1ccc(C(=O)c2cccc(CC3CNCS3)c2)cc1. The van der Waals surface area contributed by atoms with Gasteiger partial charge >= 0.3 is 0 Å². The van der Waals surface area contributed by atoms with Gasteiger partial charge in [-0.25, -0.2) is 0 Å². The zero-order valence-electron chi connectivity index (χ0n) is 12.5. The molecule has 1 aliphatic heterocycles. The van der Waals surface area contributed by atoms with Crippen molar-refractivity contribution in [1.29, 1.82) is 0 Å². The van der Waals surface area contributed by atoms with Gasteiger partial charge in [0.2, 0.25) is 0 Å². The third-order valence-corrected chi connectivity index (χ3v) is 4.97. The minimum Gasteiger partial charge on any atom is -0.497 e. The number of benzene rings is 2. The van der Waals surface area contributed by atoms with E-state index in [-0.39, 0.29) is 5.78 Å². The molecule has 1 fully saturated rings. The lowest BCUT2D eigenvalue weighted by atomic mass is 9.99. The molecule has 0 aliphatic carbocycles. The Labute approximate surface area is 135 Å². The average molecular weight is 313 g/mol. The van der Waals surface area contributed by atoms with E-state index in [2.05, 4.69) is 11.4 Å². The molecule has 1 unspecified atom stereocenters. The topological polar surface area (TPSA) is 38.3 Å². The van der Waals surface area contributed by atoms with E-state index >= 15 is 0 Å². The second kappa shape index (κ2) is 6.99. The van der Waals surface area contributed by atoms with Crippen molar-refractivity contribution >= 4 is 17.5 Å². The van der Waals surface area contributed by atoms with E-state index in [4.69, 9.17) is 4.74 Å². The Morgan fingerprint density at radius 1 is 1.23 bits per heavy atom. The molecule has 3 rings (SSSR count). The molecule has 0 radical (unpaired) electrons. The van der Waals surface area contributed by atoms with Crippen molar-refractivity contribution in [3.8, 4) is 5.75 Å². The minimum atomic E-state index is 0.0571. The van der Waals surface area contributed by atoms with Crippen LogP contribution in [0, 0.1) is 0 Å². The molecule has 3 nitrogen and oxygen atoms in total. The van der Waals surface area contributed by atoms with Gasteiger partial charge in [0.15, 0.2) is 5.78 Å². The quantitative estimate of drug-likeness (QED) is 0.861. The second-order valence-electron chi connectivity index (χ2n) is 5.35. The number of nitrogens with one attached hydrogen (secondary N) is 1. The molecule has 0 bridgehead atoms. The van der Waals surface area contributed by atoms with Crippen LogP contribution in [0.15, 0.2) is 48.5 Å². The number of ketones is 1. The van der Waals surface area contributed by atoms with Crippen molar-refractivity contribution in [1.82, 2.24) is 5.32 Å². The Bertz CT molecular complexity index is 648. The number of hydrogen-bond acceptors (Lipinski definition) is 4. The maximum Gasteiger partial charge on any atom is 0.193 e. The standard InChI is InChI=1S/C18H19NO2S/c1-21-16-7-5-14(6-8-16)18(20)15-4-2-3-13(9-15)10-17-11-19-12-22-17/h2-9,17,19H,10-12H2,1H3. The zero-order valence-corrected chi connectivity index (χ0v) is 13.4. The maximum atomic E-state index is 12.6. The van der Waals surface area contributed by atoms with Gasteiger partial charge in [0.25, 0.3) is 0 Å². The number of hydrogen-bond donors (Lipinski definition) is 1. The molecule has 1 aliphatic rings. The number of carbonyl (C=O) groups is 1. The molecule has 2 aromatic carbocycles. The summed E-state index contributed by atoms with van der Waals surface area (Å²) in [5.74, 6) is 1.84. The Morgan fingerprint density at radius 2 is 2.05 bits per heavy atom. The van der Waals surface area contributed by atoms with Gasteiger partial charge in [-0.15, -0.1) is 11.8 Å². The van der Waals surface area contributed by atoms with E-state index in [1.165, 1.54) is 5.56 Å². The summed E-state index contributed by atoms with van der Waals surface area (Å²) < 4.78 is 5.13. The molecule has 2 aromatic rings. The molecular formula is C18H19NO2S. The van der Waals surface area contributed by atoms with Crippen LogP contribution in [-0.4, -0.2) is 30.6 Å². The summed E-state index contributed by atoms with van der Waals surface area (Å²) in [4.78, 5) is 12.6. The Hall–Kier alpha value is -1.78. The molecular weight excluding hydrogens is 294 g/mol. The fraction of sp³-hybridized carbons (Fsp3) is 0.278. The average Bonchev–Trinajstić information content (AvgIpc) is 3.07. The Morgan fingerprint density at radius 3 is 2.73 bits per heavy atom. The molecule has 22 heavy (non-hydrogen) atoms. The monoisotopic (exact) mass is 313 g/mol. The van der Waals surface area contributed by atoms with Gasteiger partial charge in [-0.2, -0.15) is 0 Å². The van der Waals surface area contributed by atoms with E-state index < -0.39 is 0 Å². The molecule has 1 heterocycles. The highest BCUT2D eigenvalue weighted by Gasteiger charge is 2.16. The zero-order chi connectivity index (χ0) is 15.4. The van der Waals surface area contributed by atoms with E-state index in [9.17, 15) is 4.79 Å². The number of rotatable bonds is 5. The highest BCUT2D eigenvalue weighted by atomic mass is 32.2. The van der Waals surface area contributed by atoms with Crippen molar-refractivity contribution in [2.45, 2.75) is 11.7 Å². The first-order valence-corrected chi connectivity index (χ1v) is 8.41. The van der Waals surface area contributed by atoms with Crippen LogP contribution in [0.1, 0.15) is 21.5 Å². The summed E-state index contributed by atoms with van der Waals surface area (Å²) in [5, 5.41) is 3.95. The van der Waals surface area contributed by atoms with Gasteiger partial charge in [-0.05, 0) is 42.3 Å². The van der Waals surface area contributed by atoms with Gasteiger partial charge < -0.3 is 10.1 Å². The fourth-order valence-electron chi connectivity index (χ4n) is 2.60. The summed E-state index contributed by atoms with van der Waals surface area (Å²) in [6.45, 7) is 1.04. The third kappa shape index (κ3) is 3.51. The fourth-order valence-corrected chi connectivity index (χ4v) is 3.62. The molecule has 1 N–H and O–H groups in total. The molecule has 0 amide bonds. The van der Waals surface area contributed by atoms with E-state index in [1.807, 2.05) is 54.2 Å². The maximum absolute atomic E-state index is 12.6. The van der Waals surface area contributed by atoms with Crippen molar-refractivity contribution in [3.05, 3.63) is 65.2 Å². The number of ether oxygens (including phenoxy) is 1. The van der Waals surface area contributed by atoms with Crippen molar-refractivity contribution in [2.24, 2.45) is 0 Å². The molecule has 114 valence electrons. The first kappa shape index (κ1) is 15.1. The molecule has 0 aromatic heterocycles. The van der Waals surface area contributed by atoms with Gasteiger partial charge in [0.1, 0.15) is 5.75 Å². The molecule has 0 spiro atoms. The minimum absolute atomic E-state index is 0.0571. The lowest BCUT2D eigenvalue weighted by Gasteiger charge is -2.09. The predicted octanol–water partition coefficient (Wildman–Crippen LogP) is 3.13. The molecule has 1 saturated heterocycles. The molecule has 0 saturated carbocycles. The third-order valence-electron chi connectivity index (χ3n) is 3.80. The van der Waals surface area contributed by atoms with E-state index in [1.54, 1.807) is 7.11 Å². The number of carbonyl (C=O) groups excluding carboxylic acids is 1. The number of thioether (sulfide) groups is 1. The summed E-state index contributed by atoms with van der Waals surface area (Å²) in [6.07, 6.45) is 1.00. The first-order valence-electron chi connectivity index (χ1n) is 7.36. The predicted molar refractivity (Wildman–Crippen MR) is 90.8 cm³/mol. The molecule has 4 heteroatoms. The van der Waals surface area contributed by atoms with Crippen LogP contribution in [0.2, 0.25) is 0 Å². The second-order valence-corrected chi connectivity index (χ2v) is 6.64. The van der Waals surface area contributed by atoms with Crippen LogP contribution < -0.4 is 10.1 Å². The van der Waals surface area contributed by atoms with E-state index in [0.29, 0.717) is 10.8 Å². The van der Waals surface area contributed by atoms with Gasteiger partial charge in [-0.3, -0.25) is 4.79 Å². The van der Waals surface area contributed by atoms with Crippen LogP contribution in [0.3, 0.4) is 0 Å². The lowest BCUT2D eigenvalue weighted by Crippen LogP contribution is -2.15. The summed E-state index contributed by atoms with van der Waals surface area (Å²) in [7, 11) is 1.62. The summed E-state index contributed by atoms with van der Waals surface area (Å²) >= 11 is 1.94. The van der Waals surface area contributed by atoms with Crippen molar-refractivity contribution in [2.75, 3.05) is 19.5 Å². The summed E-state index contributed by atoms with van der Waals surface area (Å²) in [6, 6.07) is 15.2. The van der Waals surface area contributed by atoms with Crippen LogP contribution in [0.5, 0.6) is 5.75 Å².